The van der Waals surface area contributed by atoms with Crippen molar-refractivity contribution < 1.29 is 4.79 Å². The molecule has 1 aromatic heterocycles. The fourth-order valence-corrected chi connectivity index (χ4v) is 4.66. The number of thiazole rings is 1. The monoisotopic (exact) mass is 321 g/mol. The standard InChI is InChI=1S/C17H27N3OS/c1-5-20-13(12-11-18-14(22-12)16(2,3)4)19-17(15(20)21)9-7-6-8-10-17/h11,13,19H,5-10H2,1-4H3/t13-/m0/s1. The molecule has 1 aliphatic heterocycles. The van der Waals surface area contributed by atoms with Gasteiger partial charge in [-0.15, -0.1) is 11.3 Å². The zero-order chi connectivity index (χ0) is 16.0. The van der Waals surface area contributed by atoms with E-state index < -0.39 is 0 Å². The first kappa shape index (κ1) is 15.9. The molecule has 1 saturated carbocycles. The molecule has 1 saturated heterocycles. The maximum atomic E-state index is 12.9. The van der Waals surface area contributed by atoms with Gasteiger partial charge in [-0.1, -0.05) is 40.0 Å². The van der Waals surface area contributed by atoms with Crippen molar-refractivity contribution in [1.29, 1.82) is 0 Å². The van der Waals surface area contributed by atoms with Crippen molar-refractivity contribution in [3.05, 3.63) is 16.1 Å². The van der Waals surface area contributed by atoms with Crippen LogP contribution >= 0.6 is 11.3 Å². The second kappa shape index (κ2) is 5.60. The molecule has 1 atom stereocenters. The third-order valence-electron chi connectivity index (χ3n) is 4.88. The van der Waals surface area contributed by atoms with Crippen molar-refractivity contribution in [2.75, 3.05) is 6.54 Å². The van der Waals surface area contributed by atoms with Gasteiger partial charge in [0.15, 0.2) is 0 Å². The second-order valence-corrected chi connectivity index (χ2v) is 8.66. The van der Waals surface area contributed by atoms with Gasteiger partial charge in [0.25, 0.3) is 0 Å². The van der Waals surface area contributed by atoms with Crippen LogP contribution in [0.25, 0.3) is 0 Å². The van der Waals surface area contributed by atoms with Crippen LogP contribution in [0, 0.1) is 0 Å². The molecular weight excluding hydrogens is 294 g/mol. The first-order chi connectivity index (χ1) is 10.4. The minimum atomic E-state index is -0.315. The lowest BCUT2D eigenvalue weighted by Gasteiger charge is -2.31. The number of amides is 1. The van der Waals surface area contributed by atoms with Crippen LogP contribution in [0.3, 0.4) is 0 Å². The van der Waals surface area contributed by atoms with E-state index in [1.807, 2.05) is 11.1 Å². The number of nitrogens with zero attached hydrogens (tertiary/aromatic N) is 2. The summed E-state index contributed by atoms with van der Waals surface area (Å²) in [7, 11) is 0. The fraction of sp³-hybridized carbons (Fsp3) is 0.765. The number of hydrogen-bond acceptors (Lipinski definition) is 4. The molecule has 22 heavy (non-hydrogen) atoms. The van der Waals surface area contributed by atoms with Crippen LogP contribution in [0.4, 0.5) is 0 Å². The smallest absolute Gasteiger partial charge is 0.244 e. The topological polar surface area (TPSA) is 45.2 Å². The normalized spacial score (nSPS) is 25.2. The lowest BCUT2D eigenvalue weighted by atomic mass is 9.82. The number of aromatic nitrogens is 1. The Morgan fingerprint density at radius 1 is 1.36 bits per heavy atom. The van der Waals surface area contributed by atoms with Gasteiger partial charge in [0.2, 0.25) is 5.91 Å². The average Bonchev–Trinajstić information content (AvgIpc) is 3.05. The molecule has 4 nitrogen and oxygen atoms in total. The molecule has 1 amide bonds. The largest absolute Gasteiger partial charge is 0.321 e. The molecule has 3 rings (SSSR count). The van der Waals surface area contributed by atoms with Crippen molar-refractivity contribution in [2.45, 2.75) is 76.9 Å². The van der Waals surface area contributed by atoms with Crippen molar-refractivity contribution >= 4 is 17.2 Å². The number of likely N-dealkylation sites (N-methyl/N-ethyl adjacent to an activating group) is 1. The summed E-state index contributed by atoms with van der Waals surface area (Å²) in [6.07, 6.45) is 7.47. The third-order valence-corrected chi connectivity index (χ3v) is 6.35. The number of carbonyl (C=O) groups is 1. The van der Waals surface area contributed by atoms with Gasteiger partial charge in [-0.2, -0.15) is 0 Å². The minimum absolute atomic E-state index is 0.00389. The molecule has 122 valence electrons. The molecule has 1 aliphatic carbocycles. The van der Waals surface area contributed by atoms with E-state index in [9.17, 15) is 4.79 Å². The molecule has 2 heterocycles. The molecule has 1 N–H and O–H groups in total. The number of rotatable bonds is 2. The predicted octanol–water partition coefficient (Wildman–Crippen LogP) is 3.59. The SMILES string of the molecule is CCN1C(=O)C2(CCCCC2)N[C@@H]1c1cnc(C(C)(C)C)s1. The number of carbonyl (C=O) groups excluding carboxylic acids is 1. The first-order valence-corrected chi connectivity index (χ1v) is 9.24. The van der Waals surface area contributed by atoms with Crippen LogP contribution in [0.5, 0.6) is 0 Å². The highest BCUT2D eigenvalue weighted by molar-refractivity contribution is 7.11. The Morgan fingerprint density at radius 3 is 2.59 bits per heavy atom. The van der Waals surface area contributed by atoms with Crippen LogP contribution in [0.2, 0.25) is 0 Å². The first-order valence-electron chi connectivity index (χ1n) is 8.42. The second-order valence-electron chi connectivity index (χ2n) is 7.60. The quantitative estimate of drug-likeness (QED) is 0.905. The van der Waals surface area contributed by atoms with Crippen molar-refractivity contribution in [3.63, 3.8) is 0 Å². The number of nitrogens with one attached hydrogen (secondary N) is 1. The fourth-order valence-electron chi connectivity index (χ4n) is 3.62. The molecule has 0 radical (unpaired) electrons. The van der Waals surface area contributed by atoms with E-state index >= 15 is 0 Å². The van der Waals surface area contributed by atoms with E-state index in [1.165, 1.54) is 11.3 Å². The van der Waals surface area contributed by atoms with Gasteiger partial charge < -0.3 is 4.90 Å². The van der Waals surface area contributed by atoms with E-state index in [2.05, 4.69) is 38.0 Å². The summed E-state index contributed by atoms with van der Waals surface area (Å²) < 4.78 is 0. The molecule has 0 aromatic carbocycles. The van der Waals surface area contributed by atoms with Gasteiger partial charge >= 0.3 is 0 Å². The highest BCUT2D eigenvalue weighted by Crippen LogP contribution is 2.41. The van der Waals surface area contributed by atoms with E-state index in [1.54, 1.807) is 11.3 Å². The Labute approximate surface area is 137 Å². The maximum Gasteiger partial charge on any atom is 0.244 e. The molecule has 2 fully saturated rings. The van der Waals surface area contributed by atoms with Crippen LogP contribution in [-0.4, -0.2) is 27.9 Å². The Bertz CT molecular complexity index is 554. The van der Waals surface area contributed by atoms with Crippen molar-refractivity contribution in [1.82, 2.24) is 15.2 Å². The van der Waals surface area contributed by atoms with Crippen LogP contribution in [0.1, 0.15) is 75.8 Å². The van der Waals surface area contributed by atoms with Gasteiger partial charge in [0, 0.05) is 18.2 Å². The average molecular weight is 321 g/mol. The lowest BCUT2D eigenvalue weighted by Crippen LogP contribution is -2.48. The Balaban J connectivity index is 1.89. The summed E-state index contributed by atoms with van der Waals surface area (Å²) in [5, 5.41) is 4.82. The van der Waals surface area contributed by atoms with Crippen molar-refractivity contribution in [2.24, 2.45) is 0 Å². The molecule has 1 aromatic rings. The molecule has 0 unspecified atom stereocenters. The third kappa shape index (κ3) is 2.58. The highest BCUT2D eigenvalue weighted by atomic mass is 32.1. The molecule has 0 bridgehead atoms. The summed E-state index contributed by atoms with van der Waals surface area (Å²) in [6.45, 7) is 9.37. The Hall–Kier alpha value is -0.940. The lowest BCUT2D eigenvalue weighted by molar-refractivity contribution is -0.134. The summed E-state index contributed by atoms with van der Waals surface area (Å²) in [6, 6.07) is 0. The molecule has 1 spiro atoms. The molecule has 2 aliphatic rings. The van der Waals surface area contributed by atoms with Crippen molar-refractivity contribution in [3.8, 4) is 0 Å². The minimum Gasteiger partial charge on any atom is -0.321 e. The zero-order valence-electron chi connectivity index (χ0n) is 14.1. The van der Waals surface area contributed by atoms with Crippen LogP contribution < -0.4 is 5.32 Å². The maximum absolute atomic E-state index is 12.9. The summed E-state index contributed by atoms with van der Waals surface area (Å²) >= 11 is 1.74. The summed E-state index contributed by atoms with van der Waals surface area (Å²) in [5.41, 5.74) is -0.254. The highest BCUT2D eigenvalue weighted by Gasteiger charge is 2.51. The van der Waals surface area contributed by atoms with E-state index in [-0.39, 0.29) is 17.1 Å². The van der Waals surface area contributed by atoms with Crippen LogP contribution in [0.15, 0.2) is 6.20 Å². The van der Waals surface area contributed by atoms with Gasteiger partial charge in [0.05, 0.1) is 15.4 Å². The van der Waals surface area contributed by atoms with Crippen LogP contribution in [-0.2, 0) is 10.2 Å². The summed E-state index contributed by atoms with van der Waals surface area (Å²) in [5.74, 6) is 0.297. The Kier molecular flexibility index (Phi) is 4.06. The zero-order valence-corrected chi connectivity index (χ0v) is 14.9. The van der Waals surface area contributed by atoms with Gasteiger partial charge in [-0.3, -0.25) is 10.1 Å². The molecule has 5 heteroatoms. The van der Waals surface area contributed by atoms with Gasteiger partial charge in [-0.25, -0.2) is 4.98 Å². The Morgan fingerprint density at radius 2 is 2.05 bits per heavy atom. The predicted molar refractivity (Wildman–Crippen MR) is 89.9 cm³/mol. The number of hydrogen-bond donors (Lipinski definition) is 1. The molecular formula is C17H27N3OS. The summed E-state index contributed by atoms with van der Waals surface area (Å²) in [4.78, 5) is 20.7. The van der Waals surface area contributed by atoms with E-state index in [0.717, 1.165) is 37.2 Å². The van der Waals surface area contributed by atoms with Gasteiger partial charge in [-0.05, 0) is 19.8 Å². The van der Waals surface area contributed by atoms with Gasteiger partial charge in [0.1, 0.15) is 6.17 Å². The van der Waals surface area contributed by atoms with E-state index in [0.29, 0.717) is 5.91 Å². The van der Waals surface area contributed by atoms with E-state index in [4.69, 9.17) is 0 Å².